The van der Waals surface area contributed by atoms with Crippen molar-refractivity contribution >= 4 is 50.5 Å². The molecule has 6 aliphatic carbocycles. The Kier molecular flexibility index (Phi) is 8.41. The van der Waals surface area contributed by atoms with Crippen LogP contribution >= 0.6 is 11.6 Å². The molecular weight excluding hydrogens is 814 g/mol. The van der Waals surface area contributed by atoms with Gasteiger partial charge in [0.05, 0.1) is 114 Å². The Labute approximate surface area is 371 Å². The average Bonchev–Trinajstić information content (AvgIpc) is 4.03. The van der Waals surface area contributed by atoms with Crippen LogP contribution in [0.2, 0.25) is 5.02 Å². The van der Waals surface area contributed by atoms with Crippen LogP contribution in [-0.2, 0) is 20.6 Å². The molecule has 10 aliphatic rings. The van der Waals surface area contributed by atoms with E-state index in [-0.39, 0.29) is 16.6 Å². The van der Waals surface area contributed by atoms with E-state index in [0.717, 1.165) is 140 Å². The van der Waals surface area contributed by atoms with Crippen molar-refractivity contribution in [1.29, 1.82) is 0 Å². The summed E-state index contributed by atoms with van der Waals surface area (Å²) in [5.41, 5.74) is 7.89. The van der Waals surface area contributed by atoms with Gasteiger partial charge in [-0.15, -0.1) is 0 Å². The number of rotatable bonds is 8. The molecule has 0 unspecified atom stereocenters. The van der Waals surface area contributed by atoms with E-state index in [2.05, 4.69) is 98.6 Å². The zero-order chi connectivity index (χ0) is 42.3. The number of piperazine rings is 2. The smallest absolute Gasteiger partial charge is 0.210 e. The van der Waals surface area contributed by atoms with E-state index >= 15 is 0 Å². The van der Waals surface area contributed by atoms with Crippen LogP contribution in [0, 0.1) is 18.4 Å². The van der Waals surface area contributed by atoms with E-state index in [0.29, 0.717) is 11.2 Å². The number of hydrogen-bond acceptors (Lipinski definition) is 10. The lowest BCUT2D eigenvalue weighted by molar-refractivity contribution is -0.131. The van der Waals surface area contributed by atoms with E-state index in [4.69, 9.17) is 27.6 Å². The molecule has 6 saturated carbocycles. The zero-order valence-corrected chi connectivity index (χ0v) is 36.9. The monoisotopic (exact) mass is 867 g/mol. The fourth-order valence-electron chi connectivity index (χ4n) is 12.0. The van der Waals surface area contributed by atoms with Crippen LogP contribution in [0.5, 0.6) is 0 Å². The molecule has 10 fully saturated rings. The van der Waals surface area contributed by atoms with Gasteiger partial charge in [0.1, 0.15) is 11.4 Å². The molecule has 6 aromatic rings. The van der Waals surface area contributed by atoms with Gasteiger partial charge >= 0.3 is 0 Å². The van der Waals surface area contributed by atoms with Crippen molar-refractivity contribution in [3.05, 3.63) is 77.9 Å². The molecule has 8 heterocycles. The molecule has 63 heavy (non-hydrogen) atoms. The molecule has 0 atom stereocenters. The first-order valence-electron chi connectivity index (χ1n) is 22.9. The zero-order valence-electron chi connectivity index (χ0n) is 36.2. The third kappa shape index (κ3) is 5.90. The van der Waals surface area contributed by atoms with E-state index < -0.39 is 0 Å². The molecule has 0 N–H and O–H groups in total. The summed E-state index contributed by atoms with van der Waals surface area (Å²) in [6.07, 6.45) is 19.6. The van der Waals surface area contributed by atoms with Gasteiger partial charge in [0.25, 0.3) is 0 Å². The van der Waals surface area contributed by atoms with Gasteiger partial charge in [-0.2, -0.15) is 20.4 Å². The van der Waals surface area contributed by atoms with Crippen LogP contribution in [0.4, 0.5) is 17.1 Å². The number of hydrogen-bond donors (Lipinski definition) is 0. The summed E-state index contributed by atoms with van der Waals surface area (Å²) in [6.45, 7) is 23.5. The highest BCUT2D eigenvalue weighted by Gasteiger charge is 2.59. The first kappa shape index (κ1) is 38.5. The fourth-order valence-corrected chi connectivity index (χ4v) is 12.3. The molecular formula is C47H54ClN13O2. The molecule has 2 aromatic carbocycles. The van der Waals surface area contributed by atoms with Crippen molar-refractivity contribution in [3.8, 4) is 11.4 Å². The van der Waals surface area contributed by atoms with E-state index in [1.807, 2.05) is 40.2 Å². The minimum atomic E-state index is 0.178. The summed E-state index contributed by atoms with van der Waals surface area (Å²) in [4.78, 5) is 13.7. The SMILES string of the molecule is CC1(N2CCN(c3cc4c(cnn4-c4cnn(C56CC(C5)C6)c4)cc3Cl)CC2)COC1.[C-]#[N+]c1cc2cnn(-c3cnn(C45CC(C4)C5)c3)c2cc1N1CCN(C2(C)COC2)CC1. The molecule has 4 saturated heterocycles. The van der Waals surface area contributed by atoms with E-state index in [1.165, 1.54) is 38.5 Å². The first-order chi connectivity index (χ1) is 30.6. The third-order valence-electron chi connectivity index (χ3n) is 16.5. The van der Waals surface area contributed by atoms with Gasteiger partial charge < -0.3 is 19.3 Å². The van der Waals surface area contributed by atoms with Gasteiger partial charge in [-0.05, 0) is 88.5 Å². The predicted octanol–water partition coefficient (Wildman–Crippen LogP) is 6.49. The second-order valence-corrected chi connectivity index (χ2v) is 21.0. The largest absolute Gasteiger partial charge is 0.378 e. The lowest BCUT2D eigenvalue weighted by atomic mass is 9.50. The maximum Gasteiger partial charge on any atom is 0.210 e. The Morgan fingerprint density at radius 2 is 1.03 bits per heavy atom. The number of anilines is 2. The molecule has 0 amide bonds. The van der Waals surface area contributed by atoms with Crippen LogP contribution in [-0.4, -0.2) is 139 Å². The third-order valence-corrected chi connectivity index (χ3v) is 16.8. The molecule has 326 valence electrons. The maximum atomic E-state index is 7.76. The van der Waals surface area contributed by atoms with Crippen LogP contribution in [0.15, 0.2) is 61.4 Å². The minimum Gasteiger partial charge on any atom is -0.378 e. The number of fused-ring (bicyclic) bond motifs is 2. The Balaban J connectivity index is 0.000000128. The maximum absolute atomic E-state index is 7.76. The summed E-state index contributed by atoms with van der Waals surface area (Å²) >= 11 is 6.72. The summed E-state index contributed by atoms with van der Waals surface area (Å²) < 4.78 is 19.2. The predicted molar refractivity (Wildman–Crippen MR) is 242 cm³/mol. The molecule has 0 spiro atoms. The van der Waals surface area contributed by atoms with Crippen molar-refractivity contribution in [3.63, 3.8) is 0 Å². The van der Waals surface area contributed by atoms with Gasteiger partial charge in [0, 0.05) is 68.8 Å². The van der Waals surface area contributed by atoms with Gasteiger partial charge in [-0.3, -0.25) is 19.2 Å². The second kappa shape index (κ2) is 13.8. The molecule has 4 aromatic heterocycles. The number of halogens is 1. The van der Waals surface area contributed by atoms with Gasteiger partial charge in [0.15, 0.2) is 0 Å². The summed E-state index contributed by atoms with van der Waals surface area (Å²) in [6, 6.07) is 8.39. The quantitative estimate of drug-likeness (QED) is 0.158. The summed E-state index contributed by atoms with van der Waals surface area (Å²) in [5, 5.41) is 21.6. The van der Waals surface area contributed by atoms with Crippen molar-refractivity contribution in [2.24, 2.45) is 11.8 Å². The lowest BCUT2D eigenvalue weighted by Crippen LogP contribution is -2.64. The Morgan fingerprint density at radius 3 is 1.44 bits per heavy atom. The van der Waals surface area contributed by atoms with Crippen molar-refractivity contribution in [2.45, 2.75) is 74.5 Å². The normalized spacial score (nSPS) is 29.0. The molecule has 4 aliphatic heterocycles. The van der Waals surface area contributed by atoms with E-state index in [1.54, 1.807) is 0 Å². The summed E-state index contributed by atoms with van der Waals surface area (Å²) in [7, 11) is 0. The number of ether oxygens (including phenoxy) is 2. The van der Waals surface area contributed by atoms with Crippen molar-refractivity contribution in [2.75, 3.05) is 88.6 Å². The molecule has 0 radical (unpaired) electrons. The van der Waals surface area contributed by atoms with Gasteiger partial charge in [0.2, 0.25) is 5.69 Å². The molecule has 15 nitrogen and oxygen atoms in total. The molecule has 16 rings (SSSR count). The standard InChI is InChI=1S/C24H27N7O.C23H27ClN6O/c1-23(15-32-16-23)29-5-3-28(4-6-29)22-8-21-18(7-20(22)25-2)12-27-31(21)19-13-26-30(14-19)24-9-17(10-24)11-24;1-22(14-31-15-22)28-4-2-27(3-5-28)21-7-20-17(6-19(21)24)11-26-30(20)18-12-25-29(13-18)23-8-16(9-23)10-23/h7-8,12-14,17H,3-6,9-11,15-16H2,1H3;6-7,11-13,16H,2-5,8-10,14-15H2,1H3. The topological polar surface area (TPSA) is 107 Å². The van der Waals surface area contributed by atoms with Crippen LogP contribution in [0.25, 0.3) is 38.0 Å². The van der Waals surface area contributed by atoms with Gasteiger partial charge in [-0.25, -0.2) is 14.2 Å². The summed E-state index contributed by atoms with van der Waals surface area (Å²) in [5.74, 6) is 1.85. The highest BCUT2D eigenvalue weighted by atomic mass is 35.5. The van der Waals surface area contributed by atoms with Crippen LogP contribution < -0.4 is 9.80 Å². The van der Waals surface area contributed by atoms with Crippen LogP contribution in [0.3, 0.4) is 0 Å². The molecule has 16 heteroatoms. The average molecular weight is 868 g/mol. The second-order valence-electron chi connectivity index (χ2n) is 20.6. The van der Waals surface area contributed by atoms with Gasteiger partial charge in [-0.1, -0.05) is 11.6 Å². The first-order valence-corrected chi connectivity index (χ1v) is 23.3. The highest BCUT2D eigenvalue weighted by Crippen LogP contribution is 2.62. The Bertz CT molecular complexity index is 2770. The fraction of sp³-hybridized carbons (Fsp3) is 0.553. The van der Waals surface area contributed by atoms with Crippen molar-refractivity contribution in [1.82, 2.24) is 48.9 Å². The van der Waals surface area contributed by atoms with E-state index in [9.17, 15) is 0 Å². The lowest BCUT2D eigenvalue weighted by Gasteiger charge is -2.61. The number of aromatic nitrogens is 8. The Morgan fingerprint density at radius 1 is 0.587 bits per heavy atom. The van der Waals surface area contributed by atoms with Crippen molar-refractivity contribution < 1.29 is 9.47 Å². The number of nitrogens with zero attached hydrogens (tertiary/aromatic N) is 13. The minimum absolute atomic E-state index is 0.178. The van der Waals surface area contributed by atoms with Crippen LogP contribution in [0.1, 0.15) is 52.4 Å². The molecule has 4 bridgehead atoms. The Hall–Kier alpha value is -4.98. The highest BCUT2D eigenvalue weighted by molar-refractivity contribution is 6.34. The number of benzene rings is 2.